The van der Waals surface area contributed by atoms with Gasteiger partial charge in [0.2, 0.25) is 0 Å². The predicted molar refractivity (Wildman–Crippen MR) is 93.8 cm³/mol. The van der Waals surface area contributed by atoms with Gasteiger partial charge < -0.3 is 9.47 Å². The van der Waals surface area contributed by atoms with E-state index in [2.05, 4.69) is 0 Å². The van der Waals surface area contributed by atoms with Gasteiger partial charge in [0, 0.05) is 11.6 Å². The maximum atomic E-state index is 13.6. The summed E-state index contributed by atoms with van der Waals surface area (Å²) in [5.74, 6) is -1.77. The summed E-state index contributed by atoms with van der Waals surface area (Å²) >= 11 is 0. The van der Waals surface area contributed by atoms with Gasteiger partial charge in [0.05, 0.1) is 12.7 Å². The second-order valence-electron chi connectivity index (χ2n) is 5.71. The summed E-state index contributed by atoms with van der Waals surface area (Å²) in [7, 11) is 1.38. The molecule has 0 amide bonds. The average Bonchev–Trinajstić information content (AvgIpc) is 2.69. The van der Waals surface area contributed by atoms with Crippen molar-refractivity contribution >= 4 is 0 Å². The Kier molecular flexibility index (Phi) is 5.32. The number of benzene rings is 3. The molecule has 0 radical (unpaired) electrons. The first-order chi connectivity index (χ1) is 13.0. The van der Waals surface area contributed by atoms with Gasteiger partial charge in [-0.1, -0.05) is 18.2 Å². The number of rotatable bonds is 5. The number of nitriles is 1. The van der Waals surface area contributed by atoms with E-state index in [0.717, 1.165) is 12.1 Å². The predicted octanol–water partition coefficient (Wildman–Crippen LogP) is 5.23. The van der Waals surface area contributed by atoms with Gasteiger partial charge in [0.1, 0.15) is 30.0 Å². The van der Waals surface area contributed by atoms with Crippen LogP contribution in [0.1, 0.15) is 11.1 Å². The first-order valence-electron chi connectivity index (χ1n) is 7.96. The van der Waals surface area contributed by atoms with E-state index >= 15 is 0 Å². The number of ether oxygens (including phenoxy) is 2. The van der Waals surface area contributed by atoms with Crippen LogP contribution in [0, 0.1) is 28.8 Å². The van der Waals surface area contributed by atoms with Crippen LogP contribution in [-0.2, 0) is 6.61 Å². The van der Waals surface area contributed by atoms with E-state index in [1.807, 2.05) is 0 Å². The molecular formula is C21H14F3NO2. The molecule has 0 aliphatic carbocycles. The third kappa shape index (κ3) is 4.04. The molecule has 0 aromatic heterocycles. The van der Waals surface area contributed by atoms with Gasteiger partial charge >= 0.3 is 0 Å². The Morgan fingerprint density at radius 2 is 1.59 bits per heavy atom. The molecule has 6 heteroatoms. The normalized spacial score (nSPS) is 10.3. The van der Waals surface area contributed by atoms with Crippen molar-refractivity contribution in [2.45, 2.75) is 6.61 Å². The second kappa shape index (κ2) is 7.83. The Hall–Kier alpha value is -3.46. The number of halogens is 3. The first kappa shape index (κ1) is 18.3. The zero-order chi connectivity index (χ0) is 19.4. The van der Waals surface area contributed by atoms with Crippen LogP contribution in [0.3, 0.4) is 0 Å². The highest BCUT2D eigenvalue weighted by molar-refractivity contribution is 5.71. The third-order valence-corrected chi connectivity index (χ3v) is 3.96. The number of methoxy groups -OCH3 is 1. The smallest absolute Gasteiger partial charge is 0.162 e. The maximum absolute atomic E-state index is 13.6. The van der Waals surface area contributed by atoms with Crippen molar-refractivity contribution in [1.82, 2.24) is 0 Å². The Labute approximate surface area is 154 Å². The fourth-order valence-electron chi connectivity index (χ4n) is 2.57. The molecule has 0 unspecified atom stereocenters. The third-order valence-electron chi connectivity index (χ3n) is 3.96. The van der Waals surface area contributed by atoms with Crippen LogP contribution in [0.2, 0.25) is 0 Å². The van der Waals surface area contributed by atoms with E-state index < -0.39 is 17.5 Å². The molecule has 3 rings (SSSR count). The summed E-state index contributed by atoms with van der Waals surface area (Å²) in [6.45, 7) is 0.156. The van der Waals surface area contributed by atoms with Crippen molar-refractivity contribution < 1.29 is 22.6 Å². The zero-order valence-corrected chi connectivity index (χ0v) is 14.3. The molecule has 136 valence electrons. The molecule has 0 atom stereocenters. The summed E-state index contributed by atoms with van der Waals surface area (Å²) < 4.78 is 51.0. The number of hydrogen-bond donors (Lipinski definition) is 0. The molecule has 0 aliphatic rings. The van der Waals surface area contributed by atoms with Gasteiger partial charge in [-0.15, -0.1) is 0 Å². The van der Waals surface area contributed by atoms with Crippen LogP contribution in [0.5, 0.6) is 11.5 Å². The maximum Gasteiger partial charge on any atom is 0.162 e. The Bertz CT molecular complexity index is 1010. The lowest BCUT2D eigenvalue weighted by molar-refractivity contribution is 0.306. The lowest BCUT2D eigenvalue weighted by Crippen LogP contribution is -1.97. The zero-order valence-electron chi connectivity index (χ0n) is 14.3. The minimum Gasteiger partial charge on any atom is -0.496 e. The van der Waals surface area contributed by atoms with E-state index in [-0.39, 0.29) is 17.9 Å². The van der Waals surface area contributed by atoms with Gasteiger partial charge in [0.15, 0.2) is 11.6 Å². The largest absolute Gasteiger partial charge is 0.496 e. The van der Waals surface area contributed by atoms with Gasteiger partial charge in [0.25, 0.3) is 0 Å². The summed E-state index contributed by atoms with van der Waals surface area (Å²) in [6.07, 6.45) is 0. The number of hydrogen-bond acceptors (Lipinski definition) is 3. The highest BCUT2D eigenvalue weighted by Gasteiger charge is 2.12. The summed E-state index contributed by atoms with van der Waals surface area (Å²) in [4.78, 5) is 0. The number of nitrogens with zero attached hydrogens (tertiary/aromatic N) is 1. The lowest BCUT2D eigenvalue weighted by atomic mass is 10.0. The Balaban J connectivity index is 1.77. The van der Waals surface area contributed by atoms with Crippen molar-refractivity contribution in [3.63, 3.8) is 0 Å². The minimum absolute atomic E-state index is 0.0446. The molecular weight excluding hydrogens is 355 g/mol. The molecule has 0 spiro atoms. The molecule has 0 saturated carbocycles. The highest BCUT2D eigenvalue weighted by atomic mass is 19.2. The molecule has 0 aliphatic heterocycles. The molecule has 27 heavy (non-hydrogen) atoms. The molecule has 0 heterocycles. The van der Waals surface area contributed by atoms with Crippen LogP contribution in [0.15, 0.2) is 54.6 Å². The minimum atomic E-state index is -0.980. The van der Waals surface area contributed by atoms with Crippen LogP contribution < -0.4 is 9.47 Å². The molecule has 0 bridgehead atoms. The molecule has 3 aromatic rings. The van der Waals surface area contributed by atoms with E-state index in [9.17, 15) is 13.2 Å². The molecule has 0 saturated heterocycles. The van der Waals surface area contributed by atoms with Crippen LogP contribution in [-0.4, -0.2) is 7.11 Å². The summed E-state index contributed by atoms with van der Waals surface area (Å²) in [5, 5.41) is 8.86. The fourth-order valence-corrected chi connectivity index (χ4v) is 2.57. The first-order valence-corrected chi connectivity index (χ1v) is 7.96. The van der Waals surface area contributed by atoms with Crippen LogP contribution in [0.4, 0.5) is 13.2 Å². The molecule has 0 N–H and O–H groups in total. The van der Waals surface area contributed by atoms with Crippen molar-refractivity contribution in [1.29, 1.82) is 5.26 Å². The fraction of sp³-hybridized carbons (Fsp3) is 0.0952. The molecule has 0 fully saturated rings. The summed E-state index contributed by atoms with van der Waals surface area (Å²) in [5.41, 5.74) is 1.66. The van der Waals surface area contributed by atoms with Gasteiger partial charge in [-0.05, 0) is 41.5 Å². The Morgan fingerprint density at radius 1 is 0.889 bits per heavy atom. The average molecular weight is 369 g/mol. The van der Waals surface area contributed by atoms with Crippen LogP contribution >= 0.6 is 0 Å². The standard InChI is InChI=1S/C21H14F3NO2/c1-26-21-10-20(24)19(23)9-17(21)14-3-5-16(6-4-14)27-12-13-2-7-18(22)15(8-13)11-25/h2-10H,12H2,1H3. The van der Waals surface area contributed by atoms with Gasteiger partial charge in [-0.2, -0.15) is 5.26 Å². The topological polar surface area (TPSA) is 42.2 Å². The van der Waals surface area contributed by atoms with E-state index in [4.69, 9.17) is 14.7 Å². The van der Waals surface area contributed by atoms with Crippen LogP contribution in [0.25, 0.3) is 11.1 Å². The summed E-state index contributed by atoms with van der Waals surface area (Å²) in [6, 6.07) is 14.8. The van der Waals surface area contributed by atoms with Crippen molar-refractivity contribution in [2.24, 2.45) is 0 Å². The van der Waals surface area contributed by atoms with E-state index in [1.165, 1.54) is 25.3 Å². The monoisotopic (exact) mass is 369 g/mol. The van der Waals surface area contributed by atoms with Gasteiger partial charge in [-0.25, -0.2) is 13.2 Å². The van der Waals surface area contributed by atoms with Crippen molar-refractivity contribution in [3.05, 3.63) is 83.2 Å². The highest BCUT2D eigenvalue weighted by Crippen LogP contribution is 2.33. The van der Waals surface area contributed by atoms with E-state index in [0.29, 0.717) is 22.4 Å². The Morgan fingerprint density at radius 3 is 2.26 bits per heavy atom. The van der Waals surface area contributed by atoms with Crippen molar-refractivity contribution in [2.75, 3.05) is 7.11 Å². The molecule has 3 aromatic carbocycles. The quantitative estimate of drug-likeness (QED) is 0.618. The molecule has 3 nitrogen and oxygen atoms in total. The van der Waals surface area contributed by atoms with E-state index in [1.54, 1.807) is 30.3 Å². The van der Waals surface area contributed by atoms with Gasteiger partial charge in [-0.3, -0.25) is 0 Å². The second-order valence-corrected chi connectivity index (χ2v) is 5.71. The lowest BCUT2D eigenvalue weighted by Gasteiger charge is -2.11. The SMILES string of the molecule is COc1cc(F)c(F)cc1-c1ccc(OCc2ccc(F)c(C#N)c2)cc1. The van der Waals surface area contributed by atoms with Crippen molar-refractivity contribution in [3.8, 4) is 28.7 Å².